The number of fused-ring (bicyclic) bond motifs is 1. The Balaban J connectivity index is 2.18. The average Bonchev–Trinajstić information content (AvgIpc) is 2.73. The van der Waals surface area contributed by atoms with Gasteiger partial charge in [-0.25, -0.2) is 13.1 Å². The van der Waals surface area contributed by atoms with Gasteiger partial charge in [0.25, 0.3) is 0 Å². The zero-order valence-corrected chi connectivity index (χ0v) is 11.5. The van der Waals surface area contributed by atoms with E-state index in [0.29, 0.717) is 0 Å². The van der Waals surface area contributed by atoms with E-state index in [1.165, 1.54) is 5.56 Å². The highest BCUT2D eigenvalue weighted by molar-refractivity contribution is 7.89. The quantitative estimate of drug-likeness (QED) is 0.853. The molecule has 0 fully saturated rings. The lowest BCUT2D eigenvalue weighted by Gasteiger charge is -2.13. The third-order valence-electron chi connectivity index (χ3n) is 3.22. The Hall–Kier alpha value is -1.40. The minimum absolute atomic E-state index is 0.213. The van der Waals surface area contributed by atoms with Crippen molar-refractivity contribution in [3.8, 4) is 0 Å². The molecule has 0 bridgehead atoms. The maximum absolute atomic E-state index is 12.1. The van der Waals surface area contributed by atoms with Crippen LogP contribution in [0, 0.1) is 0 Å². The molecule has 0 aliphatic heterocycles. The lowest BCUT2D eigenvalue weighted by Crippen LogP contribution is -2.34. The smallest absolute Gasteiger partial charge is 0.304 e. The summed E-state index contributed by atoms with van der Waals surface area (Å²) >= 11 is 0. The molecule has 5 nitrogen and oxygen atoms in total. The highest BCUT2D eigenvalue weighted by Gasteiger charge is 2.21. The lowest BCUT2D eigenvalue weighted by molar-refractivity contribution is -0.137. The molecule has 1 aromatic carbocycles. The van der Waals surface area contributed by atoms with E-state index < -0.39 is 22.0 Å². The van der Waals surface area contributed by atoms with Gasteiger partial charge >= 0.3 is 5.97 Å². The van der Waals surface area contributed by atoms with Gasteiger partial charge in [0.1, 0.15) is 0 Å². The third-order valence-corrected chi connectivity index (χ3v) is 4.80. The van der Waals surface area contributed by atoms with Gasteiger partial charge in [-0.1, -0.05) is 6.07 Å². The number of nitrogens with one attached hydrogen (secondary N) is 1. The molecule has 1 aliphatic rings. The molecule has 0 saturated heterocycles. The molecule has 2 rings (SSSR count). The number of aliphatic carboxylic acids is 1. The third kappa shape index (κ3) is 3.33. The van der Waals surface area contributed by atoms with Crippen molar-refractivity contribution in [2.75, 3.05) is 0 Å². The maximum atomic E-state index is 12.1. The van der Waals surface area contributed by atoms with Gasteiger partial charge < -0.3 is 5.11 Å². The topological polar surface area (TPSA) is 83.5 Å². The summed E-state index contributed by atoms with van der Waals surface area (Å²) < 4.78 is 26.6. The second-order valence-corrected chi connectivity index (χ2v) is 6.62. The van der Waals surface area contributed by atoms with E-state index in [1.54, 1.807) is 19.1 Å². The van der Waals surface area contributed by atoms with Gasteiger partial charge in [-0.05, 0) is 49.4 Å². The van der Waals surface area contributed by atoms with Gasteiger partial charge in [0, 0.05) is 6.04 Å². The van der Waals surface area contributed by atoms with Gasteiger partial charge in [0.15, 0.2) is 0 Å². The molecule has 1 aromatic rings. The Bertz CT molecular complexity index is 595. The number of carboxylic acids is 1. The normalized spacial score (nSPS) is 16.1. The van der Waals surface area contributed by atoms with Crippen molar-refractivity contribution < 1.29 is 18.3 Å². The molecule has 19 heavy (non-hydrogen) atoms. The fourth-order valence-electron chi connectivity index (χ4n) is 2.35. The molecule has 0 heterocycles. The first-order valence-electron chi connectivity index (χ1n) is 6.24. The van der Waals surface area contributed by atoms with E-state index in [4.69, 9.17) is 5.11 Å². The predicted octanol–water partition coefficient (Wildman–Crippen LogP) is 1.32. The zero-order valence-electron chi connectivity index (χ0n) is 10.7. The molecular weight excluding hydrogens is 266 g/mol. The molecule has 0 amide bonds. The SMILES string of the molecule is CC(CC(=O)O)NS(=O)(=O)c1ccc2c(c1)CCC2. The Morgan fingerprint density at radius 1 is 1.37 bits per heavy atom. The number of carboxylic acid groups (broad SMARTS) is 1. The van der Waals surface area contributed by atoms with Crippen LogP contribution in [0.3, 0.4) is 0 Å². The minimum atomic E-state index is -3.64. The van der Waals surface area contributed by atoms with E-state index in [2.05, 4.69) is 4.72 Å². The molecule has 0 spiro atoms. The van der Waals surface area contributed by atoms with Crippen LogP contribution in [0.5, 0.6) is 0 Å². The number of sulfonamides is 1. The van der Waals surface area contributed by atoms with Crippen molar-refractivity contribution in [2.24, 2.45) is 0 Å². The highest BCUT2D eigenvalue weighted by atomic mass is 32.2. The summed E-state index contributed by atoms with van der Waals surface area (Å²) in [4.78, 5) is 10.8. The van der Waals surface area contributed by atoms with Gasteiger partial charge in [0.05, 0.1) is 11.3 Å². The van der Waals surface area contributed by atoms with Crippen molar-refractivity contribution in [1.29, 1.82) is 0 Å². The van der Waals surface area contributed by atoms with Crippen LogP contribution in [0.2, 0.25) is 0 Å². The molecule has 1 aliphatic carbocycles. The summed E-state index contributed by atoms with van der Waals surface area (Å²) in [5, 5.41) is 8.64. The van der Waals surface area contributed by atoms with Crippen LogP contribution in [0.25, 0.3) is 0 Å². The van der Waals surface area contributed by atoms with Gasteiger partial charge in [-0.15, -0.1) is 0 Å². The number of aryl methyl sites for hydroxylation is 2. The van der Waals surface area contributed by atoms with Crippen molar-refractivity contribution in [3.05, 3.63) is 29.3 Å². The Labute approximate surface area is 112 Å². The molecule has 1 unspecified atom stereocenters. The Kier molecular flexibility index (Phi) is 3.91. The molecule has 0 saturated carbocycles. The van der Waals surface area contributed by atoms with Crippen LogP contribution in [-0.2, 0) is 27.7 Å². The van der Waals surface area contributed by atoms with Gasteiger partial charge in [-0.2, -0.15) is 0 Å². The first-order chi connectivity index (χ1) is 8.88. The first-order valence-corrected chi connectivity index (χ1v) is 7.73. The number of carbonyl (C=O) groups is 1. The predicted molar refractivity (Wildman–Crippen MR) is 70.5 cm³/mol. The standard InChI is InChI=1S/C13H17NO4S/c1-9(7-13(15)16)14-19(17,18)12-6-5-10-3-2-4-11(10)8-12/h5-6,8-9,14H,2-4,7H2,1H3,(H,15,16). The second-order valence-electron chi connectivity index (χ2n) is 4.90. The summed E-state index contributed by atoms with van der Waals surface area (Å²) in [6.45, 7) is 1.54. The minimum Gasteiger partial charge on any atom is -0.481 e. The molecule has 6 heteroatoms. The zero-order chi connectivity index (χ0) is 14.0. The van der Waals surface area contributed by atoms with Crippen LogP contribution in [0.15, 0.2) is 23.1 Å². The van der Waals surface area contributed by atoms with Crippen molar-refractivity contribution >= 4 is 16.0 Å². The summed E-state index contributed by atoms with van der Waals surface area (Å²) in [7, 11) is -3.64. The van der Waals surface area contributed by atoms with Crippen LogP contribution in [-0.4, -0.2) is 25.5 Å². The molecule has 0 aromatic heterocycles. The largest absolute Gasteiger partial charge is 0.481 e. The van der Waals surface area contributed by atoms with Gasteiger partial charge in [0.2, 0.25) is 10.0 Å². The first kappa shape index (κ1) is 14.0. The Morgan fingerprint density at radius 2 is 2.05 bits per heavy atom. The van der Waals surface area contributed by atoms with E-state index in [-0.39, 0.29) is 11.3 Å². The van der Waals surface area contributed by atoms with E-state index >= 15 is 0 Å². The van der Waals surface area contributed by atoms with E-state index in [1.807, 2.05) is 6.07 Å². The number of benzene rings is 1. The fraction of sp³-hybridized carbons (Fsp3) is 0.462. The lowest BCUT2D eigenvalue weighted by atomic mass is 10.1. The van der Waals surface area contributed by atoms with Crippen LogP contribution < -0.4 is 4.72 Å². The second kappa shape index (κ2) is 5.30. The van der Waals surface area contributed by atoms with Crippen LogP contribution in [0.1, 0.15) is 30.9 Å². The number of hydrogen-bond acceptors (Lipinski definition) is 3. The van der Waals surface area contributed by atoms with Crippen molar-refractivity contribution in [3.63, 3.8) is 0 Å². The molecular formula is C13H17NO4S. The average molecular weight is 283 g/mol. The van der Waals surface area contributed by atoms with Crippen LogP contribution >= 0.6 is 0 Å². The maximum Gasteiger partial charge on any atom is 0.304 e. The monoisotopic (exact) mass is 283 g/mol. The fourth-order valence-corrected chi connectivity index (χ4v) is 3.65. The van der Waals surface area contributed by atoms with Crippen LogP contribution in [0.4, 0.5) is 0 Å². The highest BCUT2D eigenvalue weighted by Crippen LogP contribution is 2.24. The van der Waals surface area contributed by atoms with E-state index in [0.717, 1.165) is 24.8 Å². The van der Waals surface area contributed by atoms with Crippen molar-refractivity contribution in [2.45, 2.75) is 43.5 Å². The molecule has 0 radical (unpaired) electrons. The number of rotatable bonds is 5. The molecule has 2 N–H and O–H groups in total. The Morgan fingerprint density at radius 3 is 2.74 bits per heavy atom. The summed E-state index contributed by atoms with van der Waals surface area (Å²) in [5.74, 6) is -1.02. The summed E-state index contributed by atoms with van der Waals surface area (Å²) in [6.07, 6.45) is 2.73. The molecule has 1 atom stereocenters. The summed E-state index contributed by atoms with van der Waals surface area (Å²) in [5.41, 5.74) is 2.28. The number of hydrogen-bond donors (Lipinski definition) is 2. The van der Waals surface area contributed by atoms with Gasteiger partial charge in [-0.3, -0.25) is 4.79 Å². The summed E-state index contributed by atoms with van der Waals surface area (Å²) in [6, 6.07) is 4.49. The molecule has 104 valence electrons. The van der Waals surface area contributed by atoms with E-state index in [9.17, 15) is 13.2 Å². The van der Waals surface area contributed by atoms with Crippen molar-refractivity contribution in [1.82, 2.24) is 4.72 Å².